The van der Waals surface area contributed by atoms with Crippen molar-refractivity contribution in [3.8, 4) is 0 Å². The number of aliphatic carboxylic acids is 1. The van der Waals surface area contributed by atoms with Crippen molar-refractivity contribution >= 4 is 11.9 Å². The third-order valence-corrected chi connectivity index (χ3v) is 3.82. The molecule has 0 spiro atoms. The molecule has 5 heteroatoms. The van der Waals surface area contributed by atoms with E-state index in [4.69, 9.17) is 5.11 Å². The van der Waals surface area contributed by atoms with Crippen LogP contribution >= 0.6 is 0 Å². The van der Waals surface area contributed by atoms with Gasteiger partial charge in [-0.3, -0.25) is 14.5 Å². The predicted octanol–water partition coefficient (Wildman–Crippen LogP) is 1.62. The number of carbonyl (C=O) groups is 2. The maximum Gasteiger partial charge on any atom is 0.304 e. The summed E-state index contributed by atoms with van der Waals surface area (Å²) in [5, 5.41) is 11.9. The minimum atomic E-state index is -0.821. The second-order valence-corrected chi connectivity index (χ2v) is 5.41. The fraction of sp³-hybridized carbons (Fsp3) is 0.857. The minimum Gasteiger partial charge on any atom is -0.481 e. The summed E-state index contributed by atoms with van der Waals surface area (Å²) in [6.07, 6.45) is 5.87. The minimum absolute atomic E-state index is 0.0194. The molecule has 0 bridgehead atoms. The Labute approximate surface area is 115 Å². The van der Waals surface area contributed by atoms with Crippen molar-refractivity contribution in [2.45, 2.75) is 64.5 Å². The highest BCUT2D eigenvalue weighted by Crippen LogP contribution is 2.17. The predicted molar refractivity (Wildman–Crippen MR) is 74.0 cm³/mol. The van der Waals surface area contributed by atoms with Crippen LogP contribution in [-0.4, -0.2) is 47.1 Å². The molecule has 110 valence electrons. The Kier molecular flexibility index (Phi) is 6.84. The van der Waals surface area contributed by atoms with Gasteiger partial charge >= 0.3 is 5.97 Å². The van der Waals surface area contributed by atoms with E-state index in [0.29, 0.717) is 19.1 Å². The number of likely N-dealkylation sites (N-methyl/N-ethyl adjacent to an activating group) is 1. The van der Waals surface area contributed by atoms with Crippen LogP contribution in [0.1, 0.15) is 52.4 Å². The van der Waals surface area contributed by atoms with Crippen LogP contribution in [0, 0.1) is 0 Å². The number of amides is 1. The molecule has 0 aromatic heterocycles. The maximum absolute atomic E-state index is 12.0. The molecule has 1 unspecified atom stereocenters. The SMILES string of the molecule is CCN(CC(=O)NC1CCCCC1)C(C)CC(=O)O. The third-order valence-electron chi connectivity index (χ3n) is 3.82. The van der Waals surface area contributed by atoms with Crippen LogP contribution < -0.4 is 5.32 Å². The van der Waals surface area contributed by atoms with E-state index in [2.05, 4.69) is 5.32 Å². The zero-order chi connectivity index (χ0) is 14.3. The van der Waals surface area contributed by atoms with Crippen molar-refractivity contribution in [1.29, 1.82) is 0 Å². The Morgan fingerprint density at radius 3 is 2.47 bits per heavy atom. The molecule has 1 atom stereocenters. The quantitative estimate of drug-likeness (QED) is 0.737. The highest BCUT2D eigenvalue weighted by Gasteiger charge is 2.20. The molecule has 2 N–H and O–H groups in total. The fourth-order valence-electron chi connectivity index (χ4n) is 2.67. The summed E-state index contributed by atoms with van der Waals surface area (Å²) in [6, 6.07) is 0.203. The molecule has 0 aliphatic heterocycles. The number of carboxylic acids is 1. The Morgan fingerprint density at radius 2 is 1.95 bits per heavy atom. The smallest absolute Gasteiger partial charge is 0.304 e. The number of hydrogen-bond acceptors (Lipinski definition) is 3. The van der Waals surface area contributed by atoms with Gasteiger partial charge in [-0.15, -0.1) is 0 Å². The Hall–Kier alpha value is -1.10. The summed E-state index contributed by atoms with van der Waals surface area (Å²) < 4.78 is 0. The van der Waals surface area contributed by atoms with Gasteiger partial charge in [-0.05, 0) is 26.3 Å². The van der Waals surface area contributed by atoms with Crippen LogP contribution in [0.5, 0.6) is 0 Å². The Balaban J connectivity index is 2.36. The molecular formula is C14H26N2O3. The van der Waals surface area contributed by atoms with E-state index in [1.807, 2.05) is 18.7 Å². The van der Waals surface area contributed by atoms with Crippen LogP contribution in [0.15, 0.2) is 0 Å². The van der Waals surface area contributed by atoms with Gasteiger partial charge in [-0.25, -0.2) is 0 Å². The highest BCUT2D eigenvalue weighted by molar-refractivity contribution is 5.78. The lowest BCUT2D eigenvalue weighted by molar-refractivity contribution is -0.139. The van der Waals surface area contributed by atoms with Gasteiger partial charge in [0.1, 0.15) is 0 Å². The normalized spacial score (nSPS) is 18.3. The first-order valence-electron chi connectivity index (χ1n) is 7.28. The van der Waals surface area contributed by atoms with Gasteiger partial charge in [0, 0.05) is 12.1 Å². The average Bonchev–Trinajstić information content (AvgIpc) is 2.36. The second-order valence-electron chi connectivity index (χ2n) is 5.41. The topological polar surface area (TPSA) is 69.6 Å². The van der Waals surface area contributed by atoms with Gasteiger partial charge in [0.2, 0.25) is 5.91 Å². The lowest BCUT2D eigenvalue weighted by Gasteiger charge is -2.28. The number of rotatable bonds is 7. The summed E-state index contributed by atoms with van der Waals surface area (Å²) in [4.78, 5) is 24.6. The van der Waals surface area contributed by atoms with E-state index in [-0.39, 0.29) is 18.4 Å². The van der Waals surface area contributed by atoms with Crippen LogP contribution in [-0.2, 0) is 9.59 Å². The molecule has 19 heavy (non-hydrogen) atoms. The molecule has 5 nitrogen and oxygen atoms in total. The monoisotopic (exact) mass is 270 g/mol. The molecule has 0 aromatic carbocycles. The number of nitrogens with one attached hydrogen (secondary N) is 1. The van der Waals surface area contributed by atoms with Gasteiger partial charge < -0.3 is 10.4 Å². The molecule has 1 saturated carbocycles. The third kappa shape index (κ3) is 6.05. The van der Waals surface area contributed by atoms with Crippen LogP contribution in [0.25, 0.3) is 0 Å². The molecule has 1 fully saturated rings. The van der Waals surface area contributed by atoms with Gasteiger partial charge in [0.25, 0.3) is 0 Å². The van der Waals surface area contributed by atoms with E-state index in [1.54, 1.807) is 0 Å². The van der Waals surface area contributed by atoms with E-state index in [0.717, 1.165) is 12.8 Å². The van der Waals surface area contributed by atoms with E-state index in [9.17, 15) is 9.59 Å². The lowest BCUT2D eigenvalue weighted by Crippen LogP contribution is -2.45. The second kappa shape index (κ2) is 8.15. The van der Waals surface area contributed by atoms with Crippen molar-refractivity contribution < 1.29 is 14.7 Å². The molecule has 0 heterocycles. The van der Waals surface area contributed by atoms with Crippen LogP contribution in [0.4, 0.5) is 0 Å². The summed E-state index contributed by atoms with van der Waals surface area (Å²) in [6.45, 7) is 4.78. The molecule has 1 rings (SSSR count). The van der Waals surface area contributed by atoms with Gasteiger partial charge in [-0.1, -0.05) is 26.2 Å². The van der Waals surface area contributed by atoms with Crippen molar-refractivity contribution in [2.24, 2.45) is 0 Å². The molecular weight excluding hydrogens is 244 g/mol. The molecule has 1 amide bonds. The van der Waals surface area contributed by atoms with Crippen LogP contribution in [0.2, 0.25) is 0 Å². The average molecular weight is 270 g/mol. The molecule has 0 aromatic rings. The first kappa shape index (κ1) is 16.0. The largest absolute Gasteiger partial charge is 0.481 e. The zero-order valence-corrected chi connectivity index (χ0v) is 12.0. The van der Waals surface area contributed by atoms with E-state index in [1.165, 1.54) is 19.3 Å². The van der Waals surface area contributed by atoms with Gasteiger partial charge in [0.05, 0.1) is 13.0 Å². The zero-order valence-electron chi connectivity index (χ0n) is 12.0. The number of hydrogen-bond donors (Lipinski definition) is 2. The van der Waals surface area contributed by atoms with Crippen molar-refractivity contribution in [2.75, 3.05) is 13.1 Å². The standard InChI is InChI=1S/C14H26N2O3/c1-3-16(11(2)9-14(18)19)10-13(17)15-12-7-5-4-6-8-12/h11-12H,3-10H2,1-2H3,(H,15,17)(H,18,19). The van der Waals surface area contributed by atoms with Crippen molar-refractivity contribution in [1.82, 2.24) is 10.2 Å². The van der Waals surface area contributed by atoms with Gasteiger partial charge in [-0.2, -0.15) is 0 Å². The van der Waals surface area contributed by atoms with Crippen molar-refractivity contribution in [3.63, 3.8) is 0 Å². The van der Waals surface area contributed by atoms with E-state index >= 15 is 0 Å². The molecule has 0 radical (unpaired) electrons. The highest BCUT2D eigenvalue weighted by atomic mass is 16.4. The Bertz CT molecular complexity index is 301. The Morgan fingerprint density at radius 1 is 1.32 bits per heavy atom. The molecule has 1 aliphatic rings. The van der Waals surface area contributed by atoms with E-state index < -0.39 is 5.97 Å². The van der Waals surface area contributed by atoms with Gasteiger partial charge in [0.15, 0.2) is 0 Å². The van der Waals surface area contributed by atoms with Crippen molar-refractivity contribution in [3.05, 3.63) is 0 Å². The summed E-state index contributed by atoms with van der Waals surface area (Å²) >= 11 is 0. The maximum atomic E-state index is 12.0. The lowest BCUT2D eigenvalue weighted by atomic mass is 9.95. The molecule has 0 saturated heterocycles. The molecule has 1 aliphatic carbocycles. The van der Waals surface area contributed by atoms with Crippen LogP contribution in [0.3, 0.4) is 0 Å². The number of nitrogens with zero attached hydrogens (tertiary/aromatic N) is 1. The summed E-state index contributed by atoms with van der Waals surface area (Å²) in [5.74, 6) is -0.801. The fourth-order valence-corrected chi connectivity index (χ4v) is 2.67. The number of carbonyl (C=O) groups excluding carboxylic acids is 1. The number of carboxylic acid groups (broad SMARTS) is 1. The first-order valence-corrected chi connectivity index (χ1v) is 7.28. The summed E-state index contributed by atoms with van der Waals surface area (Å²) in [7, 11) is 0. The summed E-state index contributed by atoms with van der Waals surface area (Å²) in [5.41, 5.74) is 0. The first-order chi connectivity index (χ1) is 9.02.